The summed E-state index contributed by atoms with van der Waals surface area (Å²) >= 11 is 0. The van der Waals surface area contributed by atoms with Gasteiger partial charge in [0.15, 0.2) is 11.8 Å². The number of hydrogen-bond donors (Lipinski definition) is 2. The third-order valence-electron chi connectivity index (χ3n) is 5.40. The van der Waals surface area contributed by atoms with Gasteiger partial charge in [0.1, 0.15) is 18.8 Å². The van der Waals surface area contributed by atoms with Crippen molar-refractivity contribution in [3.63, 3.8) is 0 Å². The van der Waals surface area contributed by atoms with Crippen LogP contribution >= 0.6 is 0 Å². The Bertz CT molecular complexity index is 527. The zero-order valence-electron chi connectivity index (χ0n) is 17.4. The summed E-state index contributed by atoms with van der Waals surface area (Å²) in [4.78, 5) is 8.90. The maximum atomic E-state index is 9.56. The van der Waals surface area contributed by atoms with Gasteiger partial charge in [0, 0.05) is 12.3 Å². The van der Waals surface area contributed by atoms with Crippen molar-refractivity contribution in [3.05, 3.63) is 12.2 Å². The molecule has 2 N–H and O–H groups in total. The first-order valence-electron chi connectivity index (χ1n) is 11.0. The molecule has 0 amide bonds. The fourth-order valence-electron chi connectivity index (χ4n) is 3.51. The van der Waals surface area contributed by atoms with Crippen LogP contribution in [0.5, 0.6) is 0 Å². The molecule has 2 aliphatic heterocycles. The van der Waals surface area contributed by atoms with Gasteiger partial charge in [-0.1, -0.05) is 57.6 Å². The molecule has 0 bridgehead atoms. The highest BCUT2D eigenvalue weighted by Gasteiger charge is 2.38. The normalized spacial score (nSPS) is 19.4. The molecule has 0 spiro atoms. The molecule has 1 atom stereocenters. The van der Waals surface area contributed by atoms with E-state index in [0.29, 0.717) is 25.5 Å². The van der Waals surface area contributed by atoms with Gasteiger partial charge in [-0.25, -0.2) is 4.99 Å². The molecule has 2 rings (SSSR count). The number of unbranched alkanes of at least 4 members (excludes halogenated alkanes) is 7. The van der Waals surface area contributed by atoms with E-state index in [1.807, 2.05) is 0 Å². The number of aliphatic hydroxyl groups is 2. The van der Waals surface area contributed by atoms with E-state index in [1.165, 1.54) is 44.9 Å². The third-order valence-corrected chi connectivity index (χ3v) is 5.40. The van der Waals surface area contributed by atoms with Crippen LogP contribution in [0.15, 0.2) is 22.1 Å². The fourth-order valence-corrected chi connectivity index (χ4v) is 3.51. The number of aliphatic imine (C=N–C) groups is 2. The molecule has 0 radical (unpaired) electrons. The number of aliphatic hydroxyl groups excluding tert-OH is 2. The Kier molecular flexibility index (Phi) is 10.6. The number of rotatable bonds is 15. The van der Waals surface area contributed by atoms with Gasteiger partial charge in [-0.3, -0.25) is 4.99 Å². The van der Waals surface area contributed by atoms with Crippen LogP contribution in [0.3, 0.4) is 0 Å². The van der Waals surface area contributed by atoms with Gasteiger partial charge in [-0.05, 0) is 19.3 Å². The predicted octanol–water partition coefficient (Wildman–Crippen LogP) is 3.66. The van der Waals surface area contributed by atoms with Crippen molar-refractivity contribution in [1.82, 2.24) is 0 Å². The SMILES string of the molecule is CCCCCCCCC/C=C/C[C@H](CC1=NCCO1)C1=NC(CO)(CO)CO1. The van der Waals surface area contributed by atoms with Gasteiger partial charge >= 0.3 is 0 Å². The highest BCUT2D eigenvalue weighted by atomic mass is 16.5. The first-order valence-corrected chi connectivity index (χ1v) is 11.0. The lowest BCUT2D eigenvalue weighted by atomic mass is 9.99. The van der Waals surface area contributed by atoms with Gasteiger partial charge in [-0.2, -0.15) is 0 Å². The quantitative estimate of drug-likeness (QED) is 0.328. The van der Waals surface area contributed by atoms with Crippen LogP contribution in [0.2, 0.25) is 0 Å². The van der Waals surface area contributed by atoms with E-state index in [2.05, 4.69) is 29.1 Å². The van der Waals surface area contributed by atoms with Crippen molar-refractivity contribution in [3.8, 4) is 0 Å². The zero-order valence-corrected chi connectivity index (χ0v) is 17.4. The van der Waals surface area contributed by atoms with Crippen molar-refractivity contribution in [2.24, 2.45) is 15.9 Å². The Morgan fingerprint density at radius 1 is 1.04 bits per heavy atom. The van der Waals surface area contributed by atoms with Gasteiger partial charge in [-0.15, -0.1) is 0 Å². The number of allylic oxidation sites excluding steroid dienone is 2. The molecule has 0 saturated carbocycles. The highest BCUT2D eigenvalue weighted by molar-refractivity contribution is 5.87. The van der Waals surface area contributed by atoms with Crippen molar-refractivity contribution >= 4 is 11.8 Å². The average Bonchev–Trinajstić information content (AvgIpc) is 3.38. The van der Waals surface area contributed by atoms with Crippen molar-refractivity contribution in [2.45, 2.75) is 76.7 Å². The van der Waals surface area contributed by atoms with Gasteiger partial charge in [0.05, 0.1) is 19.8 Å². The molecule has 6 heteroatoms. The monoisotopic (exact) mass is 394 g/mol. The molecule has 0 aromatic carbocycles. The molecule has 0 aliphatic carbocycles. The summed E-state index contributed by atoms with van der Waals surface area (Å²) in [5.74, 6) is 1.38. The summed E-state index contributed by atoms with van der Waals surface area (Å²) < 4.78 is 11.3. The summed E-state index contributed by atoms with van der Waals surface area (Å²) in [6, 6.07) is 0. The van der Waals surface area contributed by atoms with Gasteiger partial charge in [0.25, 0.3) is 0 Å². The van der Waals surface area contributed by atoms with Crippen LogP contribution in [0.25, 0.3) is 0 Å². The highest BCUT2D eigenvalue weighted by Crippen LogP contribution is 2.26. The van der Waals surface area contributed by atoms with Crippen molar-refractivity contribution < 1.29 is 19.7 Å². The van der Waals surface area contributed by atoms with E-state index >= 15 is 0 Å². The van der Waals surface area contributed by atoms with E-state index < -0.39 is 5.54 Å². The molecule has 0 fully saturated rings. The Labute approximate surface area is 169 Å². The molecule has 2 heterocycles. The molecule has 0 unspecified atom stereocenters. The molecule has 28 heavy (non-hydrogen) atoms. The lowest BCUT2D eigenvalue weighted by molar-refractivity contribution is 0.0967. The Hall–Kier alpha value is -1.40. The van der Waals surface area contributed by atoms with Crippen LogP contribution in [0, 0.1) is 5.92 Å². The lowest BCUT2D eigenvalue weighted by Crippen LogP contribution is -2.37. The maximum Gasteiger partial charge on any atom is 0.188 e. The Morgan fingerprint density at radius 2 is 1.79 bits per heavy atom. The van der Waals surface area contributed by atoms with Gasteiger partial charge < -0.3 is 19.7 Å². The van der Waals surface area contributed by atoms with E-state index in [9.17, 15) is 10.2 Å². The van der Waals surface area contributed by atoms with Gasteiger partial charge in [0.2, 0.25) is 0 Å². The summed E-state index contributed by atoms with van der Waals surface area (Å²) in [5.41, 5.74) is -0.909. The Morgan fingerprint density at radius 3 is 2.43 bits per heavy atom. The van der Waals surface area contributed by atoms with Crippen molar-refractivity contribution in [2.75, 3.05) is 33.0 Å². The molecule has 2 aliphatic rings. The zero-order chi connectivity index (χ0) is 20.1. The summed E-state index contributed by atoms with van der Waals surface area (Å²) in [7, 11) is 0. The second-order valence-electron chi connectivity index (χ2n) is 7.92. The second-order valence-corrected chi connectivity index (χ2v) is 7.92. The van der Waals surface area contributed by atoms with Crippen LogP contribution in [0.1, 0.15) is 71.1 Å². The second kappa shape index (κ2) is 12.9. The lowest BCUT2D eigenvalue weighted by Gasteiger charge is -2.16. The minimum absolute atomic E-state index is 0.0297. The third kappa shape index (κ3) is 7.55. The van der Waals surface area contributed by atoms with E-state index in [0.717, 1.165) is 18.7 Å². The van der Waals surface area contributed by atoms with Crippen LogP contribution in [0.4, 0.5) is 0 Å². The van der Waals surface area contributed by atoms with Crippen LogP contribution in [-0.2, 0) is 9.47 Å². The maximum absolute atomic E-state index is 9.56. The first kappa shape index (κ1) is 22.9. The summed E-state index contributed by atoms with van der Waals surface area (Å²) in [6.07, 6.45) is 16.2. The Balaban J connectivity index is 1.78. The van der Waals surface area contributed by atoms with Crippen molar-refractivity contribution in [1.29, 1.82) is 0 Å². The number of hydrogen-bond acceptors (Lipinski definition) is 6. The molecule has 0 saturated heterocycles. The molecule has 6 nitrogen and oxygen atoms in total. The molecular formula is C22H38N2O4. The first-order chi connectivity index (χ1) is 13.7. The molecule has 0 aromatic heterocycles. The molecule has 0 aromatic rings. The smallest absolute Gasteiger partial charge is 0.188 e. The standard InChI is InChI=1S/C22H38N2O4/c1-2-3-4-5-6-7-8-9-10-11-12-19(15-20-23-13-14-27-20)21-24-22(16-25,17-26)18-28-21/h10-11,19,25-26H,2-9,12-18H2,1H3/b11-10+/t19-/m1/s1. The van der Waals surface area contributed by atoms with Crippen LogP contribution < -0.4 is 0 Å². The molecular weight excluding hydrogens is 356 g/mol. The summed E-state index contributed by atoms with van der Waals surface area (Å²) in [5, 5.41) is 19.1. The number of ether oxygens (including phenoxy) is 2. The van der Waals surface area contributed by atoms with E-state index in [-0.39, 0.29) is 25.7 Å². The van der Waals surface area contributed by atoms with Crippen LogP contribution in [-0.4, -0.2) is 60.5 Å². The molecule has 160 valence electrons. The topological polar surface area (TPSA) is 83.6 Å². The average molecular weight is 395 g/mol. The summed E-state index contributed by atoms with van der Waals surface area (Å²) in [6.45, 7) is 3.39. The fraction of sp³-hybridized carbons (Fsp3) is 0.818. The minimum atomic E-state index is -0.909. The minimum Gasteiger partial charge on any atom is -0.479 e. The van der Waals surface area contributed by atoms with E-state index in [4.69, 9.17) is 9.47 Å². The predicted molar refractivity (Wildman–Crippen MR) is 113 cm³/mol. The van der Waals surface area contributed by atoms with E-state index in [1.54, 1.807) is 0 Å². The number of nitrogens with zero attached hydrogens (tertiary/aromatic N) is 2. The largest absolute Gasteiger partial charge is 0.479 e.